The number of carbonyl (C=O) groups excluding carboxylic acids is 1. The maximum Gasteiger partial charge on any atom is 0.327 e. The van der Waals surface area contributed by atoms with Gasteiger partial charge in [-0.05, 0) is 30.9 Å². The van der Waals surface area contributed by atoms with Crippen molar-refractivity contribution >= 4 is 22.8 Å². The summed E-state index contributed by atoms with van der Waals surface area (Å²) in [6.45, 7) is 5.27. The van der Waals surface area contributed by atoms with Crippen LogP contribution in [0.25, 0.3) is 11.0 Å². The van der Waals surface area contributed by atoms with Gasteiger partial charge in [0.15, 0.2) is 5.65 Å². The summed E-state index contributed by atoms with van der Waals surface area (Å²) in [5.74, 6) is 3.03. The van der Waals surface area contributed by atoms with Gasteiger partial charge in [0.1, 0.15) is 30.2 Å². The molecule has 0 aromatic carbocycles. The lowest BCUT2D eigenvalue weighted by Gasteiger charge is -2.38. The highest BCUT2D eigenvalue weighted by Crippen LogP contribution is 2.39. The monoisotopic (exact) mass is 383 g/mol. The van der Waals surface area contributed by atoms with E-state index in [4.69, 9.17) is 9.15 Å². The third kappa shape index (κ3) is 3.34. The molecule has 0 saturated carbocycles. The predicted molar refractivity (Wildman–Crippen MR) is 104 cm³/mol. The number of methoxy groups -OCH3 is 1. The summed E-state index contributed by atoms with van der Waals surface area (Å²) < 4.78 is 12.4. The molecule has 0 aliphatic carbocycles. The molecule has 1 aliphatic rings. The number of nitrogens with zero attached hydrogens (tertiary/aromatic N) is 5. The van der Waals surface area contributed by atoms with E-state index in [1.54, 1.807) is 10.9 Å². The van der Waals surface area contributed by atoms with Crippen LogP contribution in [0.15, 0.2) is 29.1 Å². The van der Waals surface area contributed by atoms with Crippen LogP contribution in [-0.2, 0) is 22.5 Å². The van der Waals surface area contributed by atoms with Crippen LogP contribution in [-0.4, -0.2) is 39.4 Å². The lowest BCUT2D eigenvalue weighted by molar-refractivity contribution is -0.141. The Kier molecular flexibility index (Phi) is 5.02. The van der Waals surface area contributed by atoms with Crippen LogP contribution in [0, 0.1) is 5.92 Å². The number of furan rings is 1. The van der Waals surface area contributed by atoms with Crippen molar-refractivity contribution in [3.05, 3.63) is 36.2 Å². The van der Waals surface area contributed by atoms with E-state index < -0.39 is 0 Å². The van der Waals surface area contributed by atoms with E-state index in [9.17, 15) is 4.79 Å². The molecule has 0 radical (unpaired) electrons. The summed E-state index contributed by atoms with van der Waals surface area (Å²) in [5.41, 5.74) is 0.626. The zero-order valence-corrected chi connectivity index (χ0v) is 16.5. The molecule has 1 aliphatic heterocycles. The number of ether oxygens (including phenoxy) is 1. The minimum absolute atomic E-state index is 0.0228. The lowest BCUT2D eigenvalue weighted by atomic mass is 9.91. The van der Waals surface area contributed by atoms with Gasteiger partial charge in [-0.1, -0.05) is 13.8 Å². The fourth-order valence-electron chi connectivity index (χ4n) is 3.84. The average Bonchev–Trinajstić information content (AvgIpc) is 3.35. The molecule has 0 unspecified atom stereocenters. The number of hydrogen-bond acceptors (Lipinski definition) is 7. The van der Waals surface area contributed by atoms with Crippen molar-refractivity contribution in [1.29, 1.82) is 0 Å². The van der Waals surface area contributed by atoms with Crippen LogP contribution in [0.1, 0.15) is 44.3 Å². The number of aromatic nitrogens is 4. The van der Waals surface area contributed by atoms with E-state index in [1.807, 2.05) is 0 Å². The summed E-state index contributed by atoms with van der Waals surface area (Å²) >= 11 is 0. The average molecular weight is 383 g/mol. The Morgan fingerprint density at radius 3 is 2.96 bits per heavy atom. The predicted octanol–water partition coefficient (Wildman–Crippen LogP) is 3.13. The van der Waals surface area contributed by atoms with Crippen molar-refractivity contribution in [3.8, 4) is 0 Å². The van der Waals surface area contributed by atoms with Gasteiger partial charge in [0.2, 0.25) is 0 Å². The van der Waals surface area contributed by atoms with Crippen LogP contribution >= 0.6 is 0 Å². The molecule has 0 N–H and O–H groups in total. The number of aryl methyl sites for hydroxylation is 1. The first-order chi connectivity index (χ1) is 13.6. The number of carbonyl (C=O) groups is 1. The van der Waals surface area contributed by atoms with Crippen molar-refractivity contribution in [2.24, 2.45) is 5.92 Å². The Morgan fingerprint density at radius 1 is 1.36 bits per heavy atom. The van der Waals surface area contributed by atoms with Gasteiger partial charge < -0.3 is 14.1 Å². The maximum absolute atomic E-state index is 11.7. The normalized spacial score (nSPS) is 19.9. The molecule has 4 heterocycles. The molecule has 2 atom stereocenters. The molecule has 3 aromatic rings. The second-order valence-corrected chi connectivity index (χ2v) is 7.31. The number of anilines is 1. The van der Waals surface area contributed by atoms with E-state index >= 15 is 0 Å². The summed E-state index contributed by atoms with van der Waals surface area (Å²) in [5, 5.41) is 5.16. The first-order valence-electron chi connectivity index (χ1n) is 9.69. The fraction of sp³-hybridized carbons (Fsp3) is 0.500. The van der Waals surface area contributed by atoms with E-state index in [1.165, 1.54) is 13.4 Å². The fourth-order valence-corrected chi connectivity index (χ4v) is 3.84. The maximum atomic E-state index is 11.7. The Labute approximate surface area is 163 Å². The highest BCUT2D eigenvalue weighted by atomic mass is 16.5. The van der Waals surface area contributed by atoms with Crippen LogP contribution < -0.4 is 4.90 Å². The second kappa shape index (κ2) is 7.61. The van der Waals surface area contributed by atoms with Gasteiger partial charge in [0.05, 0.1) is 24.7 Å². The van der Waals surface area contributed by atoms with Crippen LogP contribution in [0.4, 0.5) is 5.82 Å². The van der Waals surface area contributed by atoms with Gasteiger partial charge in [-0.2, -0.15) is 5.10 Å². The van der Waals surface area contributed by atoms with E-state index in [0.717, 1.165) is 48.5 Å². The molecule has 28 heavy (non-hydrogen) atoms. The summed E-state index contributed by atoms with van der Waals surface area (Å²) in [6.07, 6.45) is 6.21. The summed E-state index contributed by atoms with van der Waals surface area (Å²) in [7, 11) is 1.36. The van der Waals surface area contributed by atoms with E-state index in [2.05, 4.69) is 45.9 Å². The van der Waals surface area contributed by atoms with Crippen molar-refractivity contribution < 1.29 is 13.9 Å². The van der Waals surface area contributed by atoms with Crippen molar-refractivity contribution in [2.75, 3.05) is 18.6 Å². The first-order valence-corrected chi connectivity index (χ1v) is 9.69. The topological polar surface area (TPSA) is 86.3 Å². The summed E-state index contributed by atoms with van der Waals surface area (Å²) in [6, 6.07) is 4.25. The van der Waals surface area contributed by atoms with E-state index in [-0.39, 0.29) is 18.6 Å². The van der Waals surface area contributed by atoms with Crippen molar-refractivity contribution in [3.63, 3.8) is 0 Å². The number of hydrogen-bond donors (Lipinski definition) is 0. The Balaban J connectivity index is 1.73. The zero-order valence-electron chi connectivity index (χ0n) is 16.5. The Morgan fingerprint density at radius 2 is 2.21 bits per heavy atom. The van der Waals surface area contributed by atoms with Gasteiger partial charge in [-0.3, -0.25) is 4.79 Å². The molecule has 1 saturated heterocycles. The highest BCUT2D eigenvalue weighted by molar-refractivity contribution is 5.87. The molecule has 0 amide bonds. The molecule has 0 bridgehead atoms. The minimum atomic E-state index is -0.363. The van der Waals surface area contributed by atoms with Gasteiger partial charge in [0.25, 0.3) is 0 Å². The van der Waals surface area contributed by atoms with Gasteiger partial charge >= 0.3 is 5.97 Å². The van der Waals surface area contributed by atoms with E-state index in [0.29, 0.717) is 11.6 Å². The smallest absolute Gasteiger partial charge is 0.327 e. The third-order valence-electron chi connectivity index (χ3n) is 5.42. The quantitative estimate of drug-likeness (QED) is 0.626. The van der Waals surface area contributed by atoms with Gasteiger partial charge in [-0.15, -0.1) is 0 Å². The highest BCUT2D eigenvalue weighted by Gasteiger charge is 2.32. The molecule has 148 valence electrons. The SMILES string of the molecule is CCc1ccc([C@H]2C[C@@H](C)CCN2c2ncnc3c2cnn3CC(=O)OC)o1. The standard InChI is InChI=1S/C20H25N5O3/c1-4-14-5-6-17(28-14)16-9-13(2)7-8-24(16)19-15-10-23-25(11-18(26)27-3)20(15)22-12-21-19/h5-6,10,12-13,16H,4,7-9,11H2,1-3H3/t13-,16+/m0/s1. The van der Waals surface area contributed by atoms with Gasteiger partial charge in [-0.25, -0.2) is 14.6 Å². The molecule has 0 spiro atoms. The molecular weight excluding hydrogens is 358 g/mol. The Hall–Kier alpha value is -2.90. The zero-order chi connectivity index (χ0) is 19.7. The molecule has 1 fully saturated rings. The second-order valence-electron chi connectivity index (χ2n) is 7.31. The van der Waals surface area contributed by atoms with Crippen LogP contribution in [0.5, 0.6) is 0 Å². The molecule has 3 aromatic heterocycles. The molecular formula is C20H25N5O3. The molecule has 4 rings (SSSR count). The van der Waals surface area contributed by atoms with Crippen molar-refractivity contribution in [1.82, 2.24) is 19.7 Å². The molecule has 8 heteroatoms. The Bertz CT molecular complexity index is 979. The van der Waals surface area contributed by atoms with Crippen LogP contribution in [0.2, 0.25) is 0 Å². The number of piperidine rings is 1. The minimum Gasteiger partial charge on any atom is -0.468 e. The lowest BCUT2D eigenvalue weighted by Crippen LogP contribution is -2.36. The van der Waals surface area contributed by atoms with Crippen LogP contribution in [0.3, 0.4) is 0 Å². The first kappa shape index (κ1) is 18.5. The third-order valence-corrected chi connectivity index (χ3v) is 5.42. The number of esters is 1. The number of fused-ring (bicyclic) bond motifs is 1. The largest absolute Gasteiger partial charge is 0.468 e. The number of rotatable bonds is 5. The van der Waals surface area contributed by atoms with Crippen molar-refractivity contribution in [2.45, 2.75) is 45.7 Å². The van der Waals surface area contributed by atoms with Gasteiger partial charge in [0, 0.05) is 13.0 Å². The molecule has 8 nitrogen and oxygen atoms in total. The summed E-state index contributed by atoms with van der Waals surface area (Å²) in [4.78, 5) is 22.9.